The van der Waals surface area contributed by atoms with Gasteiger partial charge in [0.1, 0.15) is 12.5 Å². The van der Waals surface area contributed by atoms with Crippen LogP contribution in [-0.2, 0) is 19.1 Å². The number of aliphatic hydroxyl groups is 2. The molecule has 0 spiro atoms. The average Bonchev–Trinajstić information content (AvgIpc) is 3.32. The second-order valence-electron chi connectivity index (χ2n) is 9.26. The van der Waals surface area contributed by atoms with Crippen molar-refractivity contribution in [1.82, 2.24) is 14.7 Å². The molecule has 0 unspecified atom stereocenters. The summed E-state index contributed by atoms with van der Waals surface area (Å²) in [6.07, 6.45) is -0.184. The van der Waals surface area contributed by atoms with Gasteiger partial charge in [-0.1, -0.05) is 0 Å². The summed E-state index contributed by atoms with van der Waals surface area (Å²) >= 11 is 0. The molecule has 5 aliphatic heterocycles. The molecular formula is C21H27N3O6. The predicted molar refractivity (Wildman–Crippen MR) is 103 cm³/mol. The number of allylic oxidation sites excluding steroid dienone is 2. The number of fused-ring (bicyclic) bond motifs is 5. The van der Waals surface area contributed by atoms with Gasteiger partial charge in [-0.2, -0.15) is 0 Å². The van der Waals surface area contributed by atoms with Crippen LogP contribution < -0.4 is 0 Å². The van der Waals surface area contributed by atoms with E-state index in [4.69, 9.17) is 9.47 Å². The van der Waals surface area contributed by atoms with Gasteiger partial charge in [-0.15, -0.1) is 0 Å². The van der Waals surface area contributed by atoms with E-state index in [2.05, 4.69) is 9.80 Å². The molecule has 0 aromatic rings. The van der Waals surface area contributed by atoms with Crippen LogP contribution in [0.3, 0.4) is 0 Å². The molecule has 9 heteroatoms. The molecule has 0 radical (unpaired) electrons. The molecule has 9 nitrogen and oxygen atoms in total. The number of hydrogen-bond acceptors (Lipinski definition) is 9. The Hall–Kier alpha value is -1.62. The Morgan fingerprint density at radius 2 is 1.97 bits per heavy atom. The molecule has 2 bridgehead atoms. The van der Waals surface area contributed by atoms with Gasteiger partial charge in [-0.3, -0.25) is 24.3 Å². The normalized spacial score (nSPS) is 45.9. The van der Waals surface area contributed by atoms with Gasteiger partial charge in [-0.25, -0.2) is 0 Å². The van der Waals surface area contributed by atoms with Gasteiger partial charge in [0.15, 0.2) is 11.5 Å². The minimum Gasteiger partial charge on any atom is -0.492 e. The summed E-state index contributed by atoms with van der Waals surface area (Å²) in [4.78, 5) is 33.3. The number of likely N-dealkylation sites (N-methyl/N-ethyl adjacent to an activating group) is 1. The van der Waals surface area contributed by atoms with Gasteiger partial charge in [0, 0.05) is 47.3 Å². The smallest absolute Gasteiger partial charge is 0.226 e. The number of ether oxygens (including phenoxy) is 2. The predicted octanol–water partition coefficient (Wildman–Crippen LogP) is -1.54. The standard InChI is InChI=1S/C21H27N3O6/c1-8-17(26)13-12(18(27)19(8)29-3)11(7-25)24-16-14-9(6-10(20(24)28)22(14)2)21-23(15(13)16)4-5-30-21/h9-11,14-16,20-21,25,28H,4-7H2,1-3H3/t9-,10-,11-,14+,15+,16+,20-,21+/m0/s1. The first-order valence-corrected chi connectivity index (χ1v) is 10.7. The first kappa shape index (κ1) is 19.1. The maximum Gasteiger partial charge on any atom is 0.226 e. The minimum absolute atomic E-state index is 0.0325. The topological polar surface area (TPSA) is 103 Å². The lowest BCUT2D eigenvalue weighted by Crippen LogP contribution is -2.78. The molecule has 5 heterocycles. The first-order valence-electron chi connectivity index (χ1n) is 10.7. The molecule has 4 fully saturated rings. The maximum absolute atomic E-state index is 13.6. The van der Waals surface area contributed by atoms with Crippen molar-refractivity contribution in [3.8, 4) is 0 Å². The quantitative estimate of drug-likeness (QED) is 0.518. The number of piperazine rings is 1. The molecule has 4 saturated heterocycles. The fourth-order valence-electron chi connectivity index (χ4n) is 7.26. The third-order valence-electron chi connectivity index (χ3n) is 8.33. The van der Waals surface area contributed by atoms with Crippen molar-refractivity contribution >= 4 is 11.6 Å². The Labute approximate surface area is 174 Å². The second-order valence-corrected chi connectivity index (χ2v) is 9.26. The van der Waals surface area contributed by atoms with Crippen LogP contribution in [0, 0.1) is 5.92 Å². The second kappa shape index (κ2) is 6.21. The SMILES string of the molecule is COC1=C(C)C(=O)C2=C(C1=O)[C@H](CO)N1[C@@H]3[C@H]4[C@H](C[C@@H]([C@@H]1O)N4C)[C@H]1OCCN1[C@H]23. The molecule has 2 N–H and O–H groups in total. The van der Waals surface area contributed by atoms with Crippen molar-refractivity contribution in [2.45, 2.75) is 56.0 Å². The van der Waals surface area contributed by atoms with Crippen LogP contribution in [0.4, 0.5) is 0 Å². The van der Waals surface area contributed by atoms with Gasteiger partial charge in [0.2, 0.25) is 5.78 Å². The molecule has 0 saturated carbocycles. The van der Waals surface area contributed by atoms with Crippen LogP contribution in [-0.4, -0.2) is 113 Å². The van der Waals surface area contributed by atoms with Gasteiger partial charge in [0.25, 0.3) is 0 Å². The lowest BCUT2D eigenvalue weighted by Gasteiger charge is -2.61. The lowest BCUT2D eigenvalue weighted by molar-refractivity contribution is -0.187. The van der Waals surface area contributed by atoms with Crippen LogP contribution in [0.2, 0.25) is 0 Å². The van der Waals surface area contributed by atoms with Crippen LogP contribution in [0.5, 0.6) is 0 Å². The van der Waals surface area contributed by atoms with E-state index in [0.29, 0.717) is 24.3 Å². The number of carbonyl (C=O) groups is 2. The van der Waals surface area contributed by atoms with Crippen LogP contribution in [0.1, 0.15) is 13.3 Å². The van der Waals surface area contributed by atoms with E-state index in [1.165, 1.54) is 7.11 Å². The van der Waals surface area contributed by atoms with Crippen LogP contribution >= 0.6 is 0 Å². The monoisotopic (exact) mass is 417 g/mol. The zero-order valence-corrected chi connectivity index (χ0v) is 17.3. The van der Waals surface area contributed by atoms with Crippen molar-refractivity contribution in [3.63, 3.8) is 0 Å². The fourth-order valence-corrected chi connectivity index (χ4v) is 7.26. The molecule has 0 amide bonds. The van der Waals surface area contributed by atoms with Crippen molar-refractivity contribution in [2.75, 3.05) is 33.9 Å². The summed E-state index contributed by atoms with van der Waals surface area (Å²) in [6.45, 7) is 2.54. The number of rotatable bonds is 2. The van der Waals surface area contributed by atoms with E-state index in [1.807, 2.05) is 11.9 Å². The molecule has 0 aromatic carbocycles. The molecular weight excluding hydrogens is 390 g/mol. The number of nitrogens with zero attached hydrogens (tertiary/aromatic N) is 3. The van der Waals surface area contributed by atoms with E-state index in [1.54, 1.807) is 6.92 Å². The number of aliphatic hydroxyl groups excluding tert-OH is 2. The molecule has 6 rings (SSSR count). The van der Waals surface area contributed by atoms with Gasteiger partial charge >= 0.3 is 0 Å². The third-order valence-corrected chi connectivity index (χ3v) is 8.33. The molecule has 6 aliphatic rings. The van der Waals surface area contributed by atoms with Crippen molar-refractivity contribution < 1.29 is 29.3 Å². The fraction of sp³-hybridized carbons (Fsp3) is 0.714. The lowest BCUT2D eigenvalue weighted by atomic mass is 9.69. The molecule has 162 valence electrons. The van der Waals surface area contributed by atoms with E-state index < -0.39 is 12.3 Å². The Morgan fingerprint density at radius 1 is 1.20 bits per heavy atom. The maximum atomic E-state index is 13.6. The van der Waals surface area contributed by atoms with E-state index >= 15 is 0 Å². The average molecular weight is 417 g/mol. The molecule has 8 atom stereocenters. The highest BCUT2D eigenvalue weighted by molar-refractivity contribution is 6.25. The Morgan fingerprint density at radius 3 is 2.67 bits per heavy atom. The number of hydrogen-bond donors (Lipinski definition) is 2. The van der Waals surface area contributed by atoms with Gasteiger partial charge in [0.05, 0.1) is 32.4 Å². The highest BCUT2D eigenvalue weighted by atomic mass is 16.5. The summed E-state index contributed by atoms with van der Waals surface area (Å²) < 4.78 is 11.4. The minimum atomic E-state index is -0.837. The highest BCUT2D eigenvalue weighted by Gasteiger charge is 2.68. The molecule has 30 heavy (non-hydrogen) atoms. The third kappa shape index (κ3) is 1.99. The van der Waals surface area contributed by atoms with Gasteiger partial charge < -0.3 is 19.7 Å². The summed E-state index contributed by atoms with van der Waals surface area (Å²) in [6, 6.07) is -1.31. The Kier molecular flexibility index (Phi) is 3.95. The number of ketones is 2. The van der Waals surface area contributed by atoms with Crippen LogP contribution in [0.25, 0.3) is 0 Å². The summed E-state index contributed by atoms with van der Waals surface area (Å²) in [5.74, 6) is -0.319. The van der Waals surface area contributed by atoms with Crippen molar-refractivity contribution in [2.24, 2.45) is 5.92 Å². The number of carbonyl (C=O) groups excluding carboxylic acids is 2. The first-order chi connectivity index (χ1) is 14.4. The summed E-state index contributed by atoms with van der Waals surface area (Å²) in [5.41, 5.74) is 1.04. The van der Waals surface area contributed by atoms with E-state index in [0.717, 1.165) is 6.42 Å². The highest BCUT2D eigenvalue weighted by Crippen LogP contribution is 2.54. The van der Waals surface area contributed by atoms with Crippen molar-refractivity contribution in [1.29, 1.82) is 0 Å². The zero-order valence-electron chi connectivity index (χ0n) is 17.3. The summed E-state index contributed by atoms with van der Waals surface area (Å²) in [7, 11) is 3.41. The van der Waals surface area contributed by atoms with Crippen LogP contribution in [0.15, 0.2) is 22.5 Å². The van der Waals surface area contributed by atoms with E-state index in [9.17, 15) is 19.8 Å². The Bertz CT molecular complexity index is 914. The largest absolute Gasteiger partial charge is 0.492 e. The summed E-state index contributed by atoms with van der Waals surface area (Å²) in [5, 5.41) is 21.7. The van der Waals surface area contributed by atoms with E-state index in [-0.39, 0.29) is 65.8 Å². The van der Waals surface area contributed by atoms with Gasteiger partial charge in [-0.05, 0) is 20.4 Å². The van der Waals surface area contributed by atoms with Crippen molar-refractivity contribution in [3.05, 3.63) is 22.5 Å². The number of methoxy groups -OCH3 is 1. The molecule has 0 aromatic heterocycles. The zero-order chi connectivity index (χ0) is 21.1. The molecule has 1 aliphatic carbocycles. The number of piperidine rings is 1. The number of Topliss-reactive ketones (excluding diaryl/α,β-unsaturated/α-hetero) is 2. The Balaban J connectivity index is 1.61.